The van der Waals surface area contributed by atoms with Gasteiger partial charge in [0.25, 0.3) is 5.91 Å². The third kappa shape index (κ3) is 3.84. The number of carbonyl (C=O) groups excluding carboxylic acids is 2. The summed E-state index contributed by atoms with van der Waals surface area (Å²) in [6.45, 7) is 3.30. The number of anilines is 1. The van der Waals surface area contributed by atoms with Crippen LogP contribution < -0.4 is 5.32 Å². The summed E-state index contributed by atoms with van der Waals surface area (Å²) in [7, 11) is 0. The minimum absolute atomic E-state index is 0.0504. The number of H-pyrrole nitrogens is 2. The molecule has 11 heteroatoms. The Bertz CT molecular complexity index is 1600. The lowest BCUT2D eigenvalue weighted by Gasteiger charge is -2.14. The van der Waals surface area contributed by atoms with Gasteiger partial charge in [-0.1, -0.05) is 6.92 Å². The van der Waals surface area contributed by atoms with Gasteiger partial charge in [0.05, 0.1) is 22.7 Å². The molecular formula is C25H23N9O2. The molecule has 1 saturated heterocycles. The van der Waals surface area contributed by atoms with E-state index in [1.807, 2.05) is 17.0 Å². The van der Waals surface area contributed by atoms with Crippen molar-refractivity contribution in [2.24, 2.45) is 0 Å². The van der Waals surface area contributed by atoms with Crippen LogP contribution >= 0.6 is 0 Å². The second kappa shape index (κ2) is 8.84. The fraction of sp³-hybridized carbons (Fsp3) is 0.240. The number of hydrogen-bond donors (Lipinski definition) is 3. The van der Waals surface area contributed by atoms with E-state index < -0.39 is 0 Å². The van der Waals surface area contributed by atoms with Crippen LogP contribution in [0.25, 0.3) is 44.7 Å². The highest BCUT2D eigenvalue weighted by atomic mass is 16.2. The van der Waals surface area contributed by atoms with Gasteiger partial charge in [0.1, 0.15) is 17.0 Å². The SMILES string of the molecule is CCC(=O)Nc1ccc(-c2cnc3[nH]nc(-c4nc5c(C(=O)N6CCCC6)cncc5[nH]4)c3c2)cn1. The van der Waals surface area contributed by atoms with E-state index >= 15 is 0 Å². The molecule has 0 radical (unpaired) electrons. The van der Waals surface area contributed by atoms with E-state index in [4.69, 9.17) is 4.98 Å². The quantitative estimate of drug-likeness (QED) is 0.348. The number of nitrogens with zero attached hydrogens (tertiary/aromatic N) is 6. The van der Waals surface area contributed by atoms with Gasteiger partial charge in [0, 0.05) is 49.2 Å². The topological polar surface area (TPSA) is 145 Å². The third-order valence-corrected chi connectivity index (χ3v) is 6.34. The Balaban J connectivity index is 1.36. The molecule has 0 aliphatic carbocycles. The molecule has 0 unspecified atom stereocenters. The molecule has 0 bridgehead atoms. The molecule has 1 fully saturated rings. The van der Waals surface area contributed by atoms with Crippen LogP contribution in [0.15, 0.2) is 43.0 Å². The molecule has 0 saturated carbocycles. The molecule has 5 aromatic heterocycles. The number of rotatable bonds is 5. The number of aromatic amines is 2. The van der Waals surface area contributed by atoms with Crippen molar-refractivity contribution in [3.8, 4) is 22.6 Å². The van der Waals surface area contributed by atoms with E-state index in [0.717, 1.165) is 42.4 Å². The van der Waals surface area contributed by atoms with Gasteiger partial charge in [-0.2, -0.15) is 5.10 Å². The van der Waals surface area contributed by atoms with E-state index in [0.29, 0.717) is 46.0 Å². The highest BCUT2D eigenvalue weighted by Gasteiger charge is 2.24. The Morgan fingerprint density at radius 3 is 2.67 bits per heavy atom. The summed E-state index contributed by atoms with van der Waals surface area (Å²) < 4.78 is 0. The molecule has 36 heavy (non-hydrogen) atoms. The van der Waals surface area contributed by atoms with Crippen LogP contribution in [0.3, 0.4) is 0 Å². The maximum absolute atomic E-state index is 13.0. The largest absolute Gasteiger partial charge is 0.339 e. The fourth-order valence-corrected chi connectivity index (χ4v) is 4.40. The zero-order valence-electron chi connectivity index (χ0n) is 19.6. The van der Waals surface area contributed by atoms with Crippen LogP contribution in [0.2, 0.25) is 0 Å². The van der Waals surface area contributed by atoms with E-state index in [2.05, 4.69) is 35.5 Å². The molecular weight excluding hydrogens is 458 g/mol. The van der Waals surface area contributed by atoms with Gasteiger partial charge >= 0.3 is 0 Å². The Morgan fingerprint density at radius 2 is 1.89 bits per heavy atom. The standard InChI is InChI=1S/C25H23N9O2/c1-2-20(35)30-19-6-5-14(10-27-19)15-9-16-22(32-33-23(16)28-11-15)24-29-18-13-26-12-17(21(18)31-24)25(36)34-7-3-4-8-34/h5-6,9-13H,2-4,7-8H2,1H3,(H,29,31)(H,27,30,35)(H,28,32,33). The van der Waals surface area contributed by atoms with Crippen molar-refractivity contribution in [3.63, 3.8) is 0 Å². The van der Waals surface area contributed by atoms with Crippen molar-refractivity contribution in [2.45, 2.75) is 26.2 Å². The number of carbonyl (C=O) groups is 2. The second-order valence-electron chi connectivity index (χ2n) is 8.69. The number of fused-ring (bicyclic) bond motifs is 2. The molecule has 0 spiro atoms. The van der Waals surface area contributed by atoms with Crippen molar-refractivity contribution >= 4 is 39.7 Å². The highest BCUT2D eigenvalue weighted by molar-refractivity contribution is 6.05. The molecule has 1 aliphatic heterocycles. The first-order valence-electron chi connectivity index (χ1n) is 11.8. The van der Waals surface area contributed by atoms with Gasteiger partial charge in [0.15, 0.2) is 11.5 Å². The first-order valence-corrected chi connectivity index (χ1v) is 11.8. The van der Waals surface area contributed by atoms with Crippen molar-refractivity contribution in [1.29, 1.82) is 0 Å². The highest BCUT2D eigenvalue weighted by Crippen LogP contribution is 2.30. The number of aromatic nitrogens is 7. The zero-order valence-corrected chi connectivity index (χ0v) is 19.6. The van der Waals surface area contributed by atoms with Gasteiger partial charge in [-0.3, -0.25) is 19.7 Å². The summed E-state index contributed by atoms with van der Waals surface area (Å²) in [6.07, 6.45) is 9.09. The summed E-state index contributed by atoms with van der Waals surface area (Å²) in [4.78, 5) is 47.6. The van der Waals surface area contributed by atoms with Crippen LogP contribution in [0.5, 0.6) is 0 Å². The summed E-state index contributed by atoms with van der Waals surface area (Å²) in [5.41, 5.74) is 4.62. The maximum atomic E-state index is 13.0. The van der Waals surface area contributed by atoms with Crippen molar-refractivity contribution in [1.82, 2.24) is 40.0 Å². The molecule has 2 amide bonds. The molecule has 180 valence electrons. The number of amides is 2. The van der Waals surface area contributed by atoms with Gasteiger partial charge < -0.3 is 15.2 Å². The molecule has 1 aliphatic rings. The Labute approximate surface area is 205 Å². The van der Waals surface area contributed by atoms with E-state index in [9.17, 15) is 9.59 Å². The van der Waals surface area contributed by atoms with E-state index in [1.165, 1.54) is 0 Å². The Hall–Kier alpha value is -4.67. The third-order valence-electron chi connectivity index (χ3n) is 6.34. The van der Waals surface area contributed by atoms with Crippen LogP contribution in [-0.2, 0) is 4.79 Å². The normalized spacial score (nSPS) is 13.5. The van der Waals surface area contributed by atoms with Gasteiger partial charge in [-0.05, 0) is 31.0 Å². The van der Waals surface area contributed by atoms with E-state index in [1.54, 1.807) is 37.8 Å². The van der Waals surface area contributed by atoms with Crippen LogP contribution in [0.1, 0.15) is 36.5 Å². The summed E-state index contributed by atoms with van der Waals surface area (Å²) in [6, 6.07) is 5.60. The van der Waals surface area contributed by atoms with Crippen LogP contribution in [0.4, 0.5) is 5.82 Å². The number of nitrogens with one attached hydrogen (secondary N) is 3. The minimum atomic E-state index is -0.0901. The first-order chi connectivity index (χ1) is 17.6. The smallest absolute Gasteiger partial charge is 0.257 e. The molecule has 3 N–H and O–H groups in total. The molecule has 6 rings (SSSR count). The number of hydrogen-bond acceptors (Lipinski definition) is 7. The van der Waals surface area contributed by atoms with Gasteiger partial charge in [-0.25, -0.2) is 15.0 Å². The Morgan fingerprint density at radius 1 is 1.06 bits per heavy atom. The first kappa shape index (κ1) is 21.8. The number of pyridine rings is 3. The molecule has 11 nitrogen and oxygen atoms in total. The molecule has 0 aromatic carbocycles. The molecule has 0 atom stereocenters. The van der Waals surface area contributed by atoms with Crippen molar-refractivity contribution in [3.05, 3.63) is 48.5 Å². The predicted octanol–water partition coefficient (Wildman–Crippen LogP) is 3.54. The predicted molar refractivity (Wildman–Crippen MR) is 134 cm³/mol. The fourth-order valence-electron chi connectivity index (χ4n) is 4.40. The summed E-state index contributed by atoms with van der Waals surface area (Å²) in [5.74, 6) is 0.881. The summed E-state index contributed by atoms with van der Waals surface area (Å²) >= 11 is 0. The van der Waals surface area contributed by atoms with Crippen molar-refractivity contribution in [2.75, 3.05) is 18.4 Å². The zero-order chi connectivity index (χ0) is 24.6. The Kier molecular flexibility index (Phi) is 5.36. The summed E-state index contributed by atoms with van der Waals surface area (Å²) in [5, 5.41) is 10.9. The number of imidazole rings is 1. The van der Waals surface area contributed by atoms with E-state index in [-0.39, 0.29) is 11.8 Å². The monoisotopic (exact) mass is 481 g/mol. The second-order valence-corrected chi connectivity index (χ2v) is 8.69. The maximum Gasteiger partial charge on any atom is 0.257 e. The van der Waals surface area contributed by atoms with Crippen LogP contribution in [-0.4, -0.2) is 64.9 Å². The van der Waals surface area contributed by atoms with Gasteiger partial charge in [0.2, 0.25) is 5.91 Å². The lowest BCUT2D eigenvalue weighted by atomic mass is 10.1. The molecule has 6 heterocycles. The minimum Gasteiger partial charge on any atom is -0.339 e. The van der Waals surface area contributed by atoms with Crippen LogP contribution in [0, 0.1) is 0 Å². The average molecular weight is 482 g/mol. The molecule has 5 aromatic rings. The lowest BCUT2D eigenvalue weighted by Crippen LogP contribution is -2.27. The average Bonchev–Trinajstić information content (AvgIpc) is 3.67. The number of likely N-dealkylation sites (tertiary alicyclic amines) is 1. The lowest BCUT2D eigenvalue weighted by molar-refractivity contribution is -0.115. The van der Waals surface area contributed by atoms with Gasteiger partial charge in [-0.15, -0.1) is 0 Å². The van der Waals surface area contributed by atoms with Crippen molar-refractivity contribution < 1.29 is 9.59 Å².